The largest absolute Gasteiger partial charge is 0.491 e. The van der Waals surface area contributed by atoms with E-state index >= 15 is 0 Å². The van der Waals surface area contributed by atoms with Gasteiger partial charge in [-0.1, -0.05) is 12.1 Å². The van der Waals surface area contributed by atoms with Crippen LogP contribution < -0.4 is 10.1 Å². The number of hydrogen-bond donors (Lipinski definition) is 3. The average molecular weight is 301 g/mol. The smallest absolute Gasteiger partial charge is 0.201 e. The van der Waals surface area contributed by atoms with Crippen LogP contribution in [0.3, 0.4) is 0 Å². The van der Waals surface area contributed by atoms with Gasteiger partial charge >= 0.3 is 0 Å². The Labute approximate surface area is 126 Å². The van der Waals surface area contributed by atoms with Crippen LogP contribution in [0.1, 0.15) is 0 Å². The molecule has 22 heavy (non-hydrogen) atoms. The van der Waals surface area contributed by atoms with Crippen molar-refractivity contribution in [2.45, 2.75) is 6.10 Å². The van der Waals surface area contributed by atoms with Gasteiger partial charge in [-0.2, -0.15) is 0 Å². The zero-order valence-corrected chi connectivity index (χ0v) is 11.8. The highest BCUT2D eigenvalue weighted by Crippen LogP contribution is 2.14. The molecule has 0 saturated carbocycles. The number of aromatic amines is 1. The molecular weight excluding hydrogens is 285 g/mol. The molecule has 3 rings (SSSR count). The Kier molecular flexibility index (Phi) is 4.20. The van der Waals surface area contributed by atoms with E-state index in [1.54, 1.807) is 0 Å². The van der Waals surface area contributed by atoms with E-state index in [4.69, 9.17) is 4.74 Å². The van der Waals surface area contributed by atoms with Gasteiger partial charge in [-0.25, -0.2) is 9.37 Å². The van der Waals surface area contributed by atoms with E-state index in [0.717, 1.165) is 11.0 Å². The minimum atomic E-state index is -0.710. The number of rotatable bonds is 6. The first-order valence-corrected chi connectivity index (χ1v) is 6.96. The van der Waals surface area contributed by atoms with E-state index in [2.05, 4.69) is 15.3 Å². The maximum atomic E-state index is 12.8. The van der Waals surface area contributed by atoms with Crippen molar-refractivity contribution in [2.24, 2.45) is 0 Å². The molecule has 6 heteroatoms. The van der Waals surface area contributed by atoms with E-state index in [1.807, 2.05) is 24.3 Å². The van der Waals surface area contributed by atoms with Gasteiger partial charge in [0, 0.05) is 6.54 Å². The Balaban J connectivity index is 1.49. The molecule has 114 valence electrons. The molecule has 3 N–H and O–H groups in total. The fraction of sp³-hybridized carbons (Fsp3) is 0.188. The van der Waals surface area contributed by atoms with Gasteiger partial charge in [-0.15, -0.1) is 0 Å². The van der Waals surface area contributed by atoms with Gasteiger partial charge in [0.1, 0.15) is 24.3 Å². The highest BCUT2D eigenvalue weighted by atomic mass is 19.1. The Hall–Kier alpha value is -2.60. The number of benzene rings is 2. The molecule has 0 aliphatic rings. The summed E-state index contributed by atoms with van der Waals surface area (Å²) in [6.45, 7) is 0.403. The lowest BCUT2D eigenvalue weighted by atomic mass is 10.3. The molecule has 0 fully saturated rings. The number of nitrogens with zero attached hydrogens (tertiary/aromatic N) is 1. The Morgan fingerprint density at radius 1 is 1.18 bits per heavy atom. The van der Waals surface area contributed by atoms with Crippen molar-refractivity contribution in [3.8, 4) is 5.75 Å². The second-order valence-electron chi connectivity index (χ2n) is 4.90. The van der Waals surface area contributed by atoms with E-state index in [-0.39, 0.29) is 12.4 Å². The molecule has 0 spiro atoms. The van der Waals surface area contributed by atoms with Gasteiger partial charge in [-0.3, -0.25) is 0 Å². The summed E-state index contributed by atoms with van der Waals surface area (Å²) in [5.41, 5.74) is 1.80. The number of H-pyrrole nitrogens is 1. The lowest BCUT2D eigenvalue weighted by Crippen LogP contribution is -2.26. The van der Waals surface area contributed by atoms with Gasteiger partial charge in [0.05, 0.1) is 11.0 Å². The lowest BCUT2D eigenvalue weighted by molar-refractivity contribution is 0.117. The minimum absolute atomic E-state index is 0.110. The summed E-state index contributed by atoms with van der Waals surface area (Å²) in [4.78, 5) is 7.47. The summed E-state index contributed by atoms with van der Waals surface area (Å²) in [6, 6.07) is 13.4. The third-order valence-electron chi connectivity index (χ3n) is 3.15. The van der Waals surface area contributed by atoms with Crippen molar-refractivity contribution >= 4 is 17.0 Å². The van der Waals surface area contributed by atoms with E-state index < -0.39 is 6.10 Å². The molecule has 0 aliphatic carbocycles. The first-order chi connectivity index (χ1) is 10.7. The number of aliphatic hydroxyl groups excluding tert-OH is 1. The molecule has 5 nitrogen and oxygen atoms in total. The molecule has 0 bridgehead atoms. The van der Waals surface area contributed by atoms with E-state index in [1.165, 1.54) is 24.3 Å². The van der Waals surface area contributed by atoms with Crippen LogP contribution in [0.15, 0.2) is 48.5 Å². The number of nitrogens with one attached hydrogen (secondary N) is 2. The molecule has 1 aromatic heterocycles. The monoisotopic (exact) mass is 301 g/mol. The van der Waals surface area contributed by atoms with Crippen LogP contribution in [0.25, 0.3) is 11.0 Å². The second-order valence-corrected chi connectivity index (χ2v) is 4.90. The number of para-hydroxylation sites is 2. The van der Waals surface area contributed by atoms with Crippen LogP contribution in [-0.2, 0) is 0 Å². The SMILES string of the molecule is OC(CNc1nc2ccccc2[nH]1)COc1ccc(F)cc1. The fourth-order valence-electron chi connectivity index (χ4n) is 2.03. The molecule has 0 amide bonds. The summed E-state index contributed by atoms with van der Waals surface area (Å²) in [6.07, 6.45) is -0.710. The van der Waals surface area contributed by atoms with Crippen LogP contribution >= 0.6 is 0 Å². The molecule has 3 aromatic rings. The second kappa shape index (κ2) is 6.44. The Morgan fingerprint density at radius 3 is 2.73 bits per heavy atom. The van der Waals surface area contributed by atoms with Crippen molar-refractivity contribution in [2.75, 3.05) is 18.5 Å². The van der Waals surface area contributed by atoms with Crippen molar-refractivity contribution < 1.29 is 14.2 Å². The quantitative estimate of drug-likeness (QED) is 0.654. The Bertz CT molecular complexity index is 709. The Morgan fingerprint density at radius 2 is 1.95 bits per heavy atom. The van der Waals surface area contributed by atoms with Crippen LogP contribution in [0.2, 0.25) is 0 Å². The molecular formula is C16H16FN3O2. The standard InChI is InChI=1S/C16H16FN3O2/c17-11-5-7-13(8-6-11)22-10-12(21)9-18-16-19-14-3-1-2-4-15(14)20-16/h1-8,12,21H,9-10H2,(H2,18,19,20). The molecule has 0 saturated heterocycles. The highest BCUT2D eigenvalue weighted by Gasteiger charge is 2.07. The van der Waals surface area contributed by atoms with Crippen LogP contribution in [0.4, 0.5) is 10.3 Å². The topological polar surface area (TPSA) is 70.2 Å². The van der Waals surface area contributed by atoms with Gasteiger partial charge < -0.3 is 20.1 Å². The van der Waals surface area contributed by atoms with Crippen LogP contribution in [-0.4, -0.2) is 34.3 Å². The molecule has 1 heterocycles. The summed E-state index contributed by atoms with van der Waals surface area (Å²) < 4.78 is 18.1. The van der Waals surface area contributed by atoms with E-state index in [0.29, 0.717) is 18.2 Å². The van der Waals surface area contributed by atoms with Gasteiger partial charge in [0.15, 0.2) is 0 Å². The molecule has 2 aromatic carbocycles. The molecule has 0 aliphatic heterocycles. The number of imidazole rings is 1. The summed E-state index contributed by atoms with van der Waals surface area (Å²) >= 11 is 0. The van der Waals surface area contributed by atoms with Gasteiger partial charge in [-0.05, 0) is 36.4 Å². The number of ether oxygens (including phenoxy) is 1. The third-order valence-corrected chi connectivity index (χ3v) is 3.15. The molecule has 1 atom stereocenters. The first-order valence-electron chi connectivity index (χ1n) is 6.96. The third kappa shape index (κ3) is 3.53. The zero-order chi connectivity index (χ0) is 15.4. The summed E-state index contributed by atoms with van der Waals surface area (Å²) in [5, 5.41) is 12.9. The first kappa shape index (κ1) is 14.3. The minimum Gasteiger partial charge on any atom is -0.491 e. The normalized spacial score (nSPS) is 12.3. The number of aliphatic hydroxyl groups is 1. The van der Waals surface area contributed by atoms with Crippen LogP contribution in [0.5, 0.6) is 5.75 Å². The van der Waals surface area contributed by atoms with Crippen molar-refractivity contribution in [3.63, 3.8) is 0 Å². The number of halogens is 1. The number of aromatic nitrogens is 2. The van der Waals surface area contributed by atoms with Crippen molar-refractivity contribution in [1.29, 1.82) is 0 Å². The molecule has 1 unspecified atom stereocenters. The maximum absolute atomic E-state index is 12.8. The number of anilines is 1. The molecule has 0 radical (unpaired) electrons. The number of hydrogen-bond acceptors (Lipinski definition) is 4. The van der Waals surface area contributed by atoms with Crippen LogP contribution in [0, 0.1) is 5.82 Å². The summed E-state index contributed by atoms with van der Waals surface area (Å²) in [7, 11) is 0. The average Bonchev–Trinajstić information content (AvgIpc) is 2.95. The van der Waals surface area contributed by atoms with Crippen molar-refractivity contribution in [3.05, 3.63) is 54.3 Å². The van der Waals surface area contributed by atoms with Gasteiger partial charge in [0.2, 0.25) is 5.95 Å². The summed E-state index contributed by atoms with van der Waals surface area (Å²) in [5.74, 6) is 0.797. The maximum Gasteiger partial charge on any atom is 0.201 e. The van der Waals surface area contributed by atoms with E-state index in [9.17, 15) is 9.50 Å². The number of fused-ring (bicyclic) bond motifs is 1. The predicted octanol–water partition coefficient (Wildman–Crippen LogP) is 2.55. The van der Waals surface area contributed by atoms with Crippen molar-refractivity contribution in [1.82, 2.24) is 9.97 Å². The predicted molar refractivity (Wildman–Crippen MR) is 82.5 cm³/mol. The van der Waals surface area contributed by atoms with Gasteiger partial charge in [0.25, 0.3) is 0 Å². The zero-order valence-electron chi connectivity index (χ0n) is 11.8. The highest BCUT2D eigenvalue weighted by molar-refractivity contribution is 5.77. The fourth-order valence-corrected chi connectivity index (χ4v) is 2.03. The lowest BCUT2D eigenvalue weighted by Gasteiger charge is -2.12.